The Morgan fingerprint density at radius 2 is 2.29 bits per heavy atom. The average Bonchev–Trinajstić information content (AvgIpc) is 2.13. The summed E-state index contributed by atoms with van der Waals surface area (Å²) in [5, 5.41) is 0. The van der Waals surface area contributed by atoms with Crippen LogP contribution >= 0.6 is 0 Å². The van der Waals surface area contributed by atoms with Crippen molar-refractivity contribution in [3.8, 4) is 0 Å². The summed E-state index contributed by atoms with van der Waals surface area (Å²) in [4.78, 5) is 22.5. The maximum Gasteiger partial charge on any atom is 0.274 e. The van der Waals surface area contributed by atoms with Crippen molar-refractivity contribution in [1.82, 2.24) is 4.57 Å². The molecular formula is C9H13N3O2. The van der Waals surface area contributed by atoms with Crippen LogP contribution in [0.15, 0.2) is 23.1 Å². The lowest BCUT2D eigenvalue weighted by Crippen LogP contribution is -2.33. The summed E-state index contributed by atoms with van der Waals surface area (Å²) < 4.78 is 1.26. The lowest BCUT2D eigenvalue weighted by atomic mass is 10.2. The van der Waals surface area contributed by atoms with Crippen molar-refractivity contribution < 1.29 is 4.79 Å². The molecule has 0 saturated carbocycles. The van der Waals surface area contributed by atoms with Crippen molar-refractivity contribution >= 4 is 11.6 Å². The molecule has 1 amide bonds. The fourth-order valence-electron chi connectivity index (χ4n) is 1.31. The van der Waals surface area contributed by atoms with Crippen LogP contribution in [0.4, 0.5) is 5.69 Å². The Morgan fingerprint density at radius 3 is 2.79 bits per heavy atom. The van der Waals surface area contributed by atoms with Crippen LogP contribution in [0.5, 0.6) is 0 Å². The predicted octanol–water partition coefficient (Wildman–Crippen LogP) is -0.133. The molecule has 0 bridgehead atoms. The van der Waals surface area contributed by atoms with E-state index in [1.165, 1.54) is 16.8 Å². The van der Waals surface area contributed by atoms with E-state index in [4.69, 9.17) is 11.5 Å². The summed E-state index contributed by atoms with van der Waals surface area (Å²) in [7, 11) is 0. The lowest BCUT2D eigenvalue weighted by Gasteiger charge is -2.14. The molecule has 0 spiro atoms. The quantitative estimate of drug-likeness (QED) is 0.703. The van der Waals surface area contributed by atoms with Crippen LogP contribution in [0.25, 0.3) is 0 Å². The molecule has 1 heterocycles. The molecule has 0 aromatic carbocycles. The zero-order valence-corrected chi connectivity index (χ0v) is 7.93. The molecule has 1 aromatic heterocycles. The van der Waals surface area contributed by atoms with Gasteiger partial charge in [0.25, 0.3) is 5.56 Å². The second kappa shape index (κ2) is 3.95. The number of pyridine rings is 1. The first-order chi connectivity index (χ1) is 6.57. The van der Waals surface area contributed by atoms with Crippen molar-refractivity contribution in [2.24, 2.45) is 5.73 Å². The van der Waals surface area contributed by atoms with Crippen LogP contribution in [0.2, 0.25) is 0 Å². The maximum absolute atomic E-state index is 11.5. The van der Waals surface area contributed by atoms with Gasteiger partial charge in [0.15, 0.2) is 0 Å². The van der Waals surface area contributed by atoms with E-state index in [9.17, 15) is 9.59 Å². The third kappa shape index (κ3) is 1.76. The highest BCUT2D eigenvalue weighted by molar-refractivity contribution is 5.78. The number of amides is 1. The minimum Gasteiger partial charge on any atom is -0.394 e. The SMILES string of the molecule is CCC(C(N)=O)n1cccc(N)c1=O. The smallest absolute Gasteiger partial charge is 0.274 e. The second-order valence-corrected chi connectivity index (χ2v) is 3.00. The van der Waals surface area contributed by atoms with Crippen molar-refractivity contribution in [1.29, 1.82) is 0 Å². The van der Waals surface area contributed by atoms with Gasteiger partial charge in [-0.25, -0.2) is 0 Å². The third-order valence-corrected chi connectivity index (χ3v) is 2.05. The molecule has 4 N–H and O–H groups in total. The molecule has 0 aliphatic rings. The molecule has 76 valence electrons. The van der Waals surface area contributed by atoms with Crippen LogP contribution < -0.4 is 17.0 Å². The van der Waals surface area contributed by atoms with E-state index in [0.29, 0.717) is 6.42 Å². The van der Waals surface area contributed by atoms with Crippen LogP contribution in [-0.4, -0.2) is 10.5 Å². The van der Waals surface area contributed by atoms with Crippen LogP contribution in [-0.2, 0) is 4.79 Å². The Morgan fingerprint density at radius 1 is 1.64 bits per heavy atom. The number of hydrogen-bond acceptors (Lipinski definition) is 3. The monoisotopic (exact) mass is 195 g/mol. The molecule has 14 heavy (non-hydrogen) atoms. The molecule has 1 atom stereocenters. The van der Waals surface area contributed by atoms with Gasteiger partial charge >= 0.3 is 0 Å². The van der Waals surface area contributed by atoms with E-state index in [0.717, 1.165) is 0 Å². The summed E-state index contributed by atoms with van der Waals surface area (Å²) in [6.07, 6.45) is 1.98. The first kappa shape index (κ1) is 10.3. The van der Waals surface area contributed by atoms with Gasteiger partial charge in [-0.1, -0.05) is 6.92 Å². The number of nitrogens with zero attached hydrogens (tertiary/aromatic N) is 1. The number of nitrogens with two attached hydrogens (primary N) is 2. The van der Waals surface area contributed by atoms with Crippen molar-refractivity contribution in [2.45, 2.75) is 19.4 Å². The number of nitrogen functional groups attached to an aromatic ring is 1. The molecule has 1 rings (SSSR count). The molecule has 0 aliphatic carbocycles. The fourth-order valence-corrected chi connectivity index (χ4v) is 1.31. The van der Waals surface area contributed by atoms with Gasteiger partial charge < -0.3 is 16.0 Å². The first-order valence-electron chi connectivity index (χ1n) is 4.33. The van der Waals surface area contributed by atoms with Gasteiger partial charge in [0.2, 0.25) is 5.91 Å². The number of rotatable bonds is 3. The predicted molar refractivity (Wildman–Crippen MR) is 53.6 cm³/mol. The summed E-state index contributed by atoms with van der Waals surface area (Å²) in [6, 6.07) is 2.49. The Labute approximate surface area is 81.3 Å². The third-order valence-electron chi connectivity index (χ3n) is 2.05. The number of anilines is 1. The second-order valence-electron chi connectivity index (χ2n) is 3.00. The summed E-state index contributed by atoms with van der Waals surface area (Å²) in [5.74, 6) is -0.528. The van der Waals surface area contributed by atoms with Gasteiger partial charge in [0.05, 0.1) is 5.69 Å². The minimum atomic E-state index is -0.619. The van der Waals surface area contributed by atoms with E-state index >= 15 is 0 Å². The number of hydrogen-bond donors (Lipinski definition) is 2. The Balaban J connectivity index is 3.24. The Kier molecular flexibility index (Phi) is 2.91. The standard InChI is InChI=1S/C9H13N3O2/c1-2-7(8(11)13)12-5-3-4-6(10)9(12)14/h3-5,7H,2,10H2,1H3,(H2,11,13). The molecule has 1 unspecified atom stereocenters. The number of carbonyl (C=O) groups is 1. The zero-order valence-electron chi connectivity index (χ0n) is 7.93. The maximum atomic E-state index is 11.5. The van der Waals surface area contributed by atoms with Gasteiger partial charge in [0, 0.05) is 6.20 Å². The lowest BCUT2D eigenvalue weighted by molar-refractivity contribution is -0.121. The molecule has 0 fully saturated rings. The summed E-state index contributed by atoms with van der Waals surface area (Å²) >= 11 is 0. The van der Waals surface area contributed by atoms with E-state index in [1.807, 2.05) is 0 Å². The molecule has 5 heteroatoms. The number of carbonyl (C=O) groups excluding carboxylic acids is 1. The molecule has 5 nitrogen and oxygen atoms in total. The van der Waals surface area contributed by atoms with E-state index in [2.05, 4.69) is 0 Å². The average molecular weight is 195 g/mol. The molecular weight excluding hydrogens is 182 g/mol. The van der Waals surface area contributed by atoms with E-state index in [-0.39, 0.29) is 11.2 Å². The zero-order chi connectivity index (χ0) is 10.7. The molecule has 0 radical (unpaired) electrons. The van der Waals surface area contributed by atoms with E-state index in [1.54, 1.807) is 13.0 Å². The molecule has 1 aromatic rings. The number of primary amides is 1. The minimum absolute atomic E-state index is 0.118. The van der Waals surface area contributed by atoms with Gasteiger partial charge in [-0.05, 0) is 18.6 Å². The van der Waals surface area contributed by atoms with Gasteiger partial charge in [0.1, 0.15) is 6.04 Å². The summed E-state index contributed by atoms with van der Waals surface area (Å²) in [5.41, 5.74) is 10.3. The largest absolute Gasteiger partial charge is 0.394 e. The van der Waals surface area contributed by atoms with Crippen LogP contribution in [0, 0.1) is 0 Å². The van der Waals surface area contributed by atoms with Crippen LogP contribution in [0.3, 0.4) is 0 Å². The first-order valence-corrected chi connectivity index (χ1v) is 4.33. The molecule has 0 aliphatic heterocycles. The topological polar surface area (TPSA) is 91.1 Å². The summed E-state index contributed by atoms with van der Waals surface area (Å²) in [6.45, 7) is 1.78. The number of aromatic nitrogens is 1. The van der Waals surface area contributed by atoms with Gasteiger partial charge in [-0.15, -0.1) is 0 Å². The highest BCUT2D eigenvalue weighted by Gasteiger charge is 2.16. The van der Waals surface area contributed by atoms with E-state index < -0.39 is 11.9 Å². The van der Waals surface area contributed by atoms with Crippen molar-refractivity contribution in [2.75, 3.05) is 5.73 Å². The highest BCUT2D eigenvalue weighted by atomic mass is 16.2. The fraction of sp³-hybridized carbons (Fsp3) is 0.333. The Hall–Kier alpha value is -1.78. The van der Waals surface area contributed by atoms with Crippen molar-refractivity contribution in [3.05, 3.63) is 28.7 Å². The normalized spacial score (nSPS) is 12.4. The van der Waals surface area contributed by atoms with Crippen LogP contribution in [0.1, 0.15) is 19.4 Å². The van der Waals surface area contributed by atoms with Gasteiger partial charge in [-0.3, -0.25) is 9.59 Å². The van der Waals surface area contributed by atoms with Crippen molar-refractivity contribution in [3.63, 3.8) is 0 Å². The Bertz CT molecular complexity index is 397. The van der Waals surface area contributed by atoms with Gasteiger partial charge in [-0.2, -0.15) is 0 Å². The molecule has 0 saturated heterocycles. The highest BCUT2D eigenvalue weighted by Crippen LogP contribution is 2.08.